The van der Waals surface area contributed by atoms with Crippen molar-refractivity contribution in [3.63, 3.8) is 0 Å². The third-order valence-corrected chi connectivity index (χ3v) is 3.24. The smallest absolute Gasteiger partial charge is 0.259 e. The topological polar surface area (TPSA) is 84.6 Å². The molecule has 0 aliphatic carbocycles. The van der Waals surface area contributed by atoms with Gasteiger partial charge in [0, 0.05) is 17.4 Å². The number of carbonyl (C=O) groups excluding carboxylic acids is 1. The number of ether oxygens (including phenoxy) is 1. The molecule has 0 radical (unpaired) electrons. The van der Waals surface area contributed by atoms with Gasteiger partial charge in [-0.25, -0.2) is 0 Å². The van der Waals surface area contributed by atoms with Gasteiger partial charge < -0.3 is 20.9 Å². The maximum atomic E-state index is 12.3. The van der Waals surface area contributed by atoms with Crippen LogP contribution >= 0.6 is 0 Å². The number of nitrogen functional groups attached to an aromatic ring is 1. The molecule has 0 heterocycles. The predicted molar refractivity (Wildman–Crippen MR) is 82.9 cm³/mol. The third kappa shape index (κ3) is 3.08. The maximum absolute atomic E-state index is 12.3. The third-order valence-electron chi connectivity index (χ3n) is 3.24. The van der Waals surface area contributed by atoms with E-state index >= 15 is 0 Å². The number of amides is 1. The van der Waals surface area contributed by atoms with E-state index in [9.17, 15) is 9.90 Å². The van der Waals surface area contributed by atoms with Crippen molar-refractivity contribution >= 4 is 17.3 Å². The van der Waals surface area contributed by atoms with Crippen molar-refractivity contribution in [1.29, 1.82) is 0 Å². The van der Waals surface area contributed by atoms with E-state index in [-0.39, 0.29) is 17.2 Å². The number of phenols is 1. The highest BCUT2D eigenvalue weighted by Gasteiger charge is 2.14. The zero-order chi connectivity index (χ0) is 15.6. The average Bonchev–Trinajstić information content (AvgIpc) is 2.42. The molecule has 0 bridgehead atoms. The second kappa shape index (κ2) is 5.75. The summed E-state index contributed by atoms with van der Waals surface area (Å²) in [5.41, 5.74) is 9.03. The van der Waals surface area contributed by atoms with Crippen LogP contribution in [0.25, 0.3) is 0 Å². The summed E-state index contributed by atoms with van der Waals surface area (Å²) in [7, 11) is 1.50. The van der Waals surface area contributed by atoms with Gasteiger partial charge in [-0.3, -0.25) is 4.79 Å². The van der Waals surface area contributed by atoms with Gasteiger partial charge in [-0.1, -0.05) is 0 Å². The van der Waals surface area contributed by atoms with E-state index < -0.39 is 0 Å². The number of hydrogen-bond donors (Lipinski definition) is 3. The summed E-state index contributed by atoms with van der Waals surface area (Å²) in [6, 6.07) is 8.12. The van der Waals surface area contributed by atoms with Crippen LogP contribution in [0.2, 0.25) is 0 Å². The van der Waals surface area contributed by atoms with E-state index in [1.54, 1.807) is 18.2 Å². The monoisotopic (exact) mass is 286 g/mol. The molecule has 2 aromatic rings. The molecule has 0 atom stereocenters. The molecule has 110 valence electrons. The van der Waals surface area contributed by atoms with Gasteiger partial charge in [0.05, 0.1) is 12.7 Å². The zero-order valence-electron chi connectivity index (χ0n) is 12.2. The van der Waals surface area contributed by atoms with Crippen molar-refractivity contribution in [2.75, 3.05) is 18.2 Å². The fourth-order valence-electron chi connectivity index (χ4n) is 2.21. The Hall–Kier alpha value is -2.69. The molecule has 0 fully saturated rings. The van der Waals surface area contributed by atoms with Crippen LogP contribution in [0, 0.1) is 13.8 Å². The quantitative estimate of drug-likeness (QED) is 0.757. The minimum atomic E-state index is -0.383. The van der Waals surface area contributed by atoms with Gasteiger partial charge in [-0.05, 0) is 49.2 Å². The number of rotatable bonds is 3. The molecule has 0 aliphatic heterocycles. The number of anilines is 2. The molecule has 0 unspecified atom stereocenters. The van der Waals surface area contributed by atoms with E-state index in [1.165, 1.54) is 19.2 Å². The molecule has 1 amide bonds. The molecule has 0 aliphatic rings. The van der Waals surface area contributed by atoms with Gasteiger partial charge >= 0.3 is 0 Å². The van der Waals surface area contributed by atoms with E-state index in [0.29, 0.717) is 17.1 Å². The lowest BCUT2D eigenvalue weighted by atomic mass is 10.1. The molecule has 5 nitrogen and oxygen atoms in total. The Morgan fingerprint density at radius 2 is 1.81 bits per heavy atom. The summed E-state index contributed by atoms with van der Waals surface area (Å²) in [5.74, 6) is -0.0207. The van der Waals surface area contributed by atoms with E-state index in [2.05, 4.69) is 5.32 Å². The predicted octanol–water partition coefficient (Wildman–Crippen LogP) is 2.85. The minimum Gasteiger partial charge on any atom is -0.507 e. The molecule has 0 saturated heterocycles. The van der Waals surface area contributed by atoms with Crippen molar-refractivity contribution in [2.24, 2.45) is 0 Å². The van der Waals surface area contributed by atoms with Crippen molar-refractivity contribution in [2.45, 2.75) is 13.8 Å². The Kier molecular flexibility index (Phi) is 4.03. The number of nitrogens with two attached hydrogens (primary N) is 1. The number of methoxy groups -OCH3 is 1. The lowest BCUT2D eigenvalue weighted by Crippen LogP contribution is -2.14. The van der Waals surface area contributed by atoms with Crippen LogP contribution in [0.15, 0.2) is 30.3 Å². The first-order valence-corrected chi connectivity index (χ1v) is 6.47. The van der Waals surface area contributed by atoms with Crippen LogP contribution < -0.4 is 15.8 Å². The summed E-state index contributed by atoms with van der Waals surface area (Å²) >= 11 is 0. The van der Waals surface area contributed by atoms with E-state index in [1.807, 2.05) is 13.8 Å². The van der Waals surface area contributed by atoms with Crippen LogP contribution in [0.5, 0.6) is 11.5 Å². The van der Waals surface area contributed by atoms with Crippen molar-refractivity contribution in [3.8, 4) is 11.5 Å². The molecule has 2 rings (SSSR count). The Balaban J connectivity index is 2.30. The highest BCUT2D eigenvalue weighted by atomic mass is 16.5. The molecule has 5 heteroatoms. The fourth-order valence-corrected chi connectivity index (χ4v) is 2.21. The molecule has 21 heavy (non-hydrogen) atoms. The van der Waals surface area contributed by atoms with Crippen molar-refractivity contribution in [1.82, 2.24) is 0 Å². The molecule has 0 aromatic heterocycles. The highest BCUT2D eigenvalue weighted by Crippen LogP contribution is 2.27. The Morgan fingerprint density at radius 3 is 2.33 bits per heavy atom. The van der Waals surface area contributed by atoms with Gasteiger partial charge in [0.15, 0.2) is 0 Å². The zero-order valence-corrected chi connectivity index (χ0v) is 12.2. The Bertz CT molecular complexity index is 673. The van der Waals surface area contributed by atoms with Gasteiger partial charge in [0.2, 0.25) is 0 Å². The largest absolute Gasteiger partial charge is 0.507 e. The number of hydrogen-bond acceptors (Lipinski definition) is 4. The molecular weight excluding hydrogens is 268 g/mol. The number of nitrogens with one attached hydrogen (secondary N) is 1. The number of aromatic hydroxyl groups is 1. The number of carbonyl (C=O) groups is 1. The van der Waals surface area contributed by atoms with Crippen molar-refractivity contribution < 1.29 is 14.6 Å². The van der Waals surface area contributed by atoms with E-state index in [0.717, 1.165) is 11.1 Å². The normalized spacial score (nSPS) is 10.2. The average molecular weight is 286 g/mol. The summed E-state index contributed by atoms with van der Waals surface area (Å²) < 4.78 is 4.99. The number of benzene rings is 2. The minimum absolute atomic E-state index is 0.127. The first-order valence-electron chi connectivity index (χ1n) is 6.47. The highest BCUT2D eigenvalue weighted by molar-refractivity contribution is 6.07. The van der Waals surface area contributed by atoms with Crippen LogP contribution in [-0.4, -0.2) is 18.1 Å². The first kappa shape index (κ1) is 14.7. The van der Waals surface area contributed by atoms with E-state index in [4.69, 9.17) is 10.5 Å². The lowest BCUT2D eigenvalue weighted by molar-refractivity contribution is 0.102. The van der Waals surface area contributed by atoms with Crippen LogP contribution in [0.3, 0.4) is 0 Å². The standard InChI is InChI=1S/C16H18N2O3/c1-9-6-11(17)7-10(2)15(9)18-16(20)13-5-4-12(21-3)8-14(13)19/h4-8,19H,17H2,1-3H3,(H,18,20). The summed E-state index contributed by atoms with van der Waals surface area (Å²) in [4.78, 5) is 12.3. The second-order valence-electron chi connectivity index (χ2n) is 4.87. The Labute approximate surface area is 123 Å². The molecule has 0 saturated carbocycles. The maximum Gasteiger partial charge on any atom is 0.259 e. The molecule has 2 aromatic carbocycles. The second-order valence-corrected chi connectivity index (χ2v) is 4.87. The van der Waals surface area contributed by atoms with Crippen molar-refractivity contribution in [3.05, 3.63) is 47.0 Å². The first-order chi connectivity index (χ1) is 9.92. The SMILES string of the molecule is COc1ccc(C(=O)Nc2c(C)cc(N)cc2C)c(O)c1. The van der Waals surface area contributed by atoms with Gasteiger partial charge in [0.25, 0.3) is 5.91 Å². The summed E-state index contributed by atoms with van der Waals surface area (Å²) in [6.45, 7) is 3.74. The fraction of sp³-hybridized carbons (Fsp3) is 0.188. The molecular formula is C16H18N2O3. The van der Waals surface area contributed by atoms with Gasteiger partial charge in [-0.15, -0.1) is 0 Å². The van der Waals surface area contributed by atoms with Gasteiger partial charge in [-0.2, -0.15) is 0 Å². The van der Waals surface area contributed by atoms with Gasteiger partial charge in [0.1, 0.15) is 11.5 Å². The summed E-state index contributed by atoms with van der Waals surface area (Å²) in [5, 5.41) is 12.7. The molecule has 0 spiro atoms. The van der Waals surface area contributed by atoms with Crippen LogP contribution in [-0.2, 0) is 0 Å². The summed E-state index contributed by atoms with van der Waals surface area (Å²) in [6.07, 6.45) is 0. The number of phenolic OH excluding ortho intramolecular Hbond substituents is 1. The Morgan fingerprint density at radius 1 is 1.19 bits per heavy atom. The lowest BCUT2D eigenvalue weighted by Gasteiger charge is -2.13. The van der Waals surface area contributed by atoms with Crippen LogP contribution in [0.4, 0.5) is 11.4 Å². The van der Waals surface area contributed by atoms with Crippen LogP contribution in [0.1, 0.15) is 21.5 Å². The molecule has 4 N–H and O–H groups in total. The number of aryl methyl sites for hydroxylation is 2.